The van der Waals surface area contributed by atoms with Crippen molar-refractivity contribution in [1.82, 2.24) is 0 Å². The van der Waals surface area contributed by atoms with Crippen molar-refractivity contribution in [3.63, 3.8) is 0 Å². The molecular weight excluding hydrogens is 284 g/mol. The van der Waals surface area contributed by atoms with Gasteiger partial charge in [-0.1, -0.05) is 12.1 Å². The van der Waals surface area contributed by atoms with Crippen LogP contribution in [-0.2, 0) is 0 Å². The van der Waals surface area contributed by atoms with Gasteiger partial charge in [-0.25, -0.2) is 0 Å². The monoisotopic (exact) mass is 304 g/mol. The first kappa shape index (κ1) is 16.0. The van der Waals surface area contributed by atoms with E-state index < -0.39 is 0 Å². The summed E-state index contributed by atoms with van der Waals surface area (Å²) in [5.74, 6) is 0.793. The molecule has 0 heterocycles. The molecule has 0 aliphatic carbocycles. The molecule has 0 fully saturated rings. The molecule has 22 heavy (non-hydrogen) atoms. The Bertz CT molecular complexity index is 585. The molecule has 0 aliphatic rings. The van der Waals surface area contributed by atoms with Crippen LogP contribution in [0.4, 0.5) is 0 Å². The fraction of sp³-hybridized carbons (Fsp3) is 0.294. The van der Waals surface area contributed by atoms with Crippen LogP contribution in [0.15, 0.2) is 36.4 Å². The van der Waals surface area contributed by atoms with E-state index in [9.17, 15) is 15.3 Å². The molecule has 0 spiro atoms. The standard InChI is InChI=1S/C17H20O5/c1-21-16-9-11(3-5-14(16)19)13(7-8-18)12-4-6-15(20)17(10-12)22-2/h3-6,9-10,13,18-20H,7-8H2,1-2H3. The van der Waals surface area contributed by atoms with Crippen molar-refractivity contribution in [2.75, 3.05) is 20.8 Å². The van der Waals surface area contributed by atoms with Gasteiger partial charge in [-0.3, -0.25) is 0 Å². The van der Waals surface area contributed by atoms with E-state index in [1.165, 1.54) is 14.2 Å². The molecule has 2 rings (SSSR count). The summed E-state index contributed by atoms with van der Waals surface area (Å²) in [6, 6.07) is 10.2. The maximum Gasteiger partial charge on any atom is 0.160 e. The van der Waals surface area contributed by atoms with Gasteiger partial charge >= 0.3 is 0 Å². The zero-order valence-electron chi connectivity index (χ0n) is 12.6. The Morgan fingerprint density at radius 2 is 1.32 bits per heavy atom. The number of ether oxygens (including phenoxy) is 2. The number of benzene rings is 2. The highest BCUT2D eigenvalue weighted by Crippen LogP contribution is 2.37. The molecule has 0 radical (unpaired) electrons. The van der Waals surface area contributed by atoms with Gasteiger partial charge in [0, 0.05) is 12.5 Å². The molecule has 5 heteroatoms. The number of aliphatic hydroxyl groups is 1. The molecule has 0 aliphatic heterocycles. The fourth-order valence-electron chi connectivity index (χ4n) is 2.48. The third-order valence-electron chi connectivity index (χ3n) is 3.63. The van der Waals surface area contributed by atoms with Crippen LogP contribution in [0.5, 0.6) is 23.0 Å². The van der Waals surface area contributed by atoms with Gasteiger partial charge in [0.05, 0.1) is 14.2 Å². The van der Waals surface area contributed by atoms with Crippen molar-refractivity contribution in [2.45, 2.75) is 12.3 Å². The minimum atomic E-state index is -0.103. The largest absolute Gasteiger partial charge is 0.504 e. The molecule has 5 nitrogen and oxygen atoms in total. The van der Waals surface area contributed by atoms with Gasteiger partial charge in [0.25, 0.3) is 0 Å². The Hall–Kier alpha value is -2.40. The van der Waals surface area contributed by atoms with Crippen molar-refractivity contribution in [1.29, 1.82) is 0 Å². The number of aromatic hydroxyl groups is 2. The van der Waals surface area contributed by atoms with Crippen molar-refractivity contribution in [3.05, 3.63) is 47.5 Å². The molecule has 0 saturated heterocycles. The van der Waals surface area contributed by atoms with Gasteiger partial charge in [0.15, 0.2) is 23.0 Å². The summed E-state index contributed by atoms with van der Waals surface area (Å²) in [7, 11) is 2.98. The van der Waals surface area contributed by atoms with E-state index in [1.54, 1.807) is 36.4 Å². The van der Waals surface area contributed by atoms with E-state index in [0.29, 0.717) is 17.9 Å². The quantitative estimate of drug-likeness (QED) is 0.764. The van der Waals surface area contributed by atoms with Crippen molar-refractivity contribution >= 4 is 0 Å². The highest BCUT2D eigenvalue weighted by atomic mass is 16.5. The van der Waals surface area contributed by atoms with E-state index in [-0.39, 0.29) is 24.0 Å². The SMILES string of the molecule is COc1cc(C(CCO)c2ccc(O)c(OC)c2)ccc1O. The van der Waals surface area contributed by atoms with Gasteiger partial charge in [0.1, 0.15) is 0 Å². The van der Waals surface area contributed by atoms with Crippen LogP contribution in [0.25, 0.3) is 0 Å². The average molecular weight is 304 g/mol. The van der Waals surface area contributed by atoms with Crippen LogP contribution in [-0.4, -0.2) is 36.1 Å². The minimum absolute atomic E-state index is 0.0110. The van der Waals surface area contributed by atoms with Gasteiger partial charge in [-0.05, 0) is 41.8 Å². The molecule has 3 N–H and O–H groups in total. The minimum Gasteiger partial charge on any atom is -0.504 e. The van der Waals surface area contributed by atoms with E-state index in [1.807, 2.05) is 0 Å². The molecule has 0 aromatic heterocycles. The molecule has 2 aromatic rings. The summed E-state index contributed by atoms with van der Waals surface area (Å²) >= 11 is 0. The van der Waals surface area contributed by atoms with E-state index in [2.05, 4.69) is 0 Å². The molecular formula is C17H20O5. The molecule has 0 saturated carbocycles. The summed E-state index contributed by atoms with van der Waals surface area (Å²) in [6.45, 7) is 0.0110. The number of phenolic OH excluding ortho intramolecular Hbond substituents is 2. The van der Waals surface area contributed by atoms with Crippen LogP contribution in [0, 0.1) is 0 Å². The first-order valence-electron chi connectivity index (χ1n) is 6.95. The summed E-state index contributed by atoms with van der Waals surface area (Å²) in [4.78, 5) is 0. The van der Waals surface area contributed by atoms with Gasteiger partial charge in [0.2, 0.25) is 0 Å². The highest BCUT2D eigenvalue weighted by molar-refractivity contribution is 5.48. The maximum atomic E-state index is 9.71. The van der Waals surface area contributed by atoms with Crippen LogP contribution >= 0.6 is 0 Å². The lowest BCUT2D eigenvalue weighted by molar-refractivity contribution is 0.281. The topological polar surface area (TPSA) is 79.2 Å². The molecule has 2 aromatic carbocycles. The number of hydrogen-bond acceptors (Lipinski definition) is 5. The van der Waals surface area contributed by atoms with Crippen LogP contribution < -0.4 is 9.47 Å². The Labute approximate surface area is 129 Å². The zero-order chi connectivity index (χ0) is 16.1. The second kappa shape index (κ2) is 7.04. The van der Waals surface area contributed by atoms with E-state index in [4.69, 9.17) is 9.47 Å². The molecule has 118 valence electrons. The lowest BCUT2D eigenvalue weighted by Gasteiger charge is -2.19. The summed E-state index contributed by atoms with van der Waals surface area (Å²) in [6.07, 6.45) is 0.502. The van der Waals surface area contributed by atoms with Crippen molar-refractivity contribution < 1.29 is 24.8 Å². The third-order valence-corrected chi connectivity index (χ3v) is 3.63. The third kappa shape index (κ3) is 3.26. The summed E-state index contributed by atoms with van der Waals surface area (Å²) < 4.78 is 10.3. The second-order valence-corrected chi connectivity index (χ2v) is 4.93. The maximum absolute atomic E-state index is 9.71. The Morgan fingerprint density at radius 1 is 0.864 bits per heavy atom. The van der Waals surface area contributed by atoms with Gasteiger partial charge < -0.3 is 24.8 Å². The number of methoxy groups -OCH3 is 2. The molecule has 0 bridgehead atoms. The highest BCUT2D eigenvalue weighted by Gasteiger charge is 2.17. The number of rotatable bonds is 6. The van der Waals surface area contributed by atoms with Crippen LogP contribution in [0.1, 0.15) is 23.5 Å². The number of phenols is 2. The molecule has 0 amide bonds. The van der Waals surface area contributed by atoms with Gasteiger partial charge in [-0.15, -0.1) is 0 Å². The molecule has 0 unspecified atom stereocenters. The second-order valence-electron chi connectivity index (χ2n) is 4.93. The molecule has 0 atom stereocenters. The Balaban J connectivity index is 2.45. The zero-order valence-corrected chi connectivity index (χ0v) is 12.6. The smallest absolute Gasteiger partial charge is 0.160 e. The first-order valence-corrected chi connectivity index (χ1v) is 6.95. The number of aliphatic hydroxyl groups excluding tert-OH is 1. The predicted octanol–water partition coefficient (Wildman–Crippen LogP) is 2.63. The van der Waals surface area contributed by atoms with E-state index >= 15 is 0 Å². The van der Waals surface area contributed by atoms with Crippen molar-refractivity contribution in [3.8, 4) is 23.0 Å². The van der Waals surface area contributed by atoms with Crippen LogP contribution in [0.3, 0.4) is 0 Å². The van der Waals surface area contributed by atoms with E-state index in [0.717, 1.165) is 11.1 Å². The summed E-state index contributed by atoms with van der Waals surface area (Å²) in [5, 5.41) is 28.8. The van der Waals surface area contributed by atoms with Gasteiger partial charge in [-0.2, -0.15) is 0 Å². The lowest BCUT2D eigenvalue weighted by Crippen LogP contribution is -2.04. The first-order chi connectivity index (χ1) is 10.6. The normalized spacial score (nSPS) is 10.7. The Morgan fingerprint density at radius 3 is 1.68 bits per heavy atom. The number of hydrogen-bond donors (Lipinski definition) is 3. The Kier molecular flexibility index (Phi) is 5.12. The lowest BCUT2D eigenvalue weighted by atomic mass is 9.88. The van der Waals surface area contributed by atoms with Crippen LogP contribution in [0.2, 0.25) is 0 Å². The average Bonchev–Trinajstić information content (AvgIpc) is 2.54. The fourth-order valence-corrected chi connectivity index (χ4v) is 2.48. The predicted molar refractivity (Wildman–Crippen MR) is 82.9 cm³/mol. The summed E-state index contributed by atoms with van der Waals surface area (Å²) in [5.41, 5.74) is 1.80. The van der Waals surface area contributed by atoms with Crippen molar-refractivity contribution in [2.24, 2.45) is 0 Å².